The molecule has 0 radical (unpaired) electrons. The fourth-order valence-corrected chi connectivity index (χ4v) is 2.93. The third-order valence-corrected chi connectivity index (χ3v) is 4.40. The van der Waals surface area contributed by atoms with Crippen molar-refractivity contribution in [3.05, 3.63) is 65.7 Å². The van der Waals surface area contributed by atoms with Crippen LogP contribution >= 0.6 is 11.8 Å². The second-order valence-electron chi connectivity index (χ2n) is 5.62. The van der Waals surface area contributed by atoms with E-state index < -0.39 is 0 Å². The van der Waals surface area contributed by atoms with Crippen LogP contribution < -0.4 is 5.32 Å². The van der Waals surface area contributed by atoms with E-state index in [9.17, 15) is 4.79 Å². The lowest BCUT2D eigenvalue weighted by atomic mass is 10.1. The fraction of sp³-hybridized carbons (Fsp3) is 0.211. The summed E-state index contributed by atoms with van der Waals surface area (Å²) in [4.78, 5) is 11.9. The third kappa shape index (κ3) is 5.19. The summed E-state index contributed by atoms with van der Waals surface area (Å²) in [6.07, 6.45) is 0.815. The van der Waals surface area contributed by atoms with Crippen molar-refractivity contribution in [1.29, 1.82) is 0 Å². The van der Waals surface area contributed by atoms with E-state index in [1.807, 2.05) is 61.5 Å². The summed E-state index contributed by atoms with van der Waals surface area (Å²) in [5.74, 6) is 0.677. The van der Waals surface area contributed by atoms with Gasteiger partial charge in [-0.2, -0.15) is 0 Å². The zero-order valence-electron chi connectivity index (χ0n) is 13.9. The van der Waals surface area contributed by atoms with Gasteiger partial charge in [0, 0.05) is 12.1 Å². The van der Waals surface area contributed by atoms with Crippen molar-refractivity contribution < 1.29 is 9.21 Å². The van der Waals surface area contributed by atoms with Crippen LogP contribution in [-0.4, -0.2) is 28.4 Å². The molecule has 0 aliphatic rings. The topological polar surface area (TPSA) is 68.0 Å². The standard InChI is InChI=1S/C19H19N3O2S/c1-14-6-5-9-16(12-14)18-21-22-19(24-18)25-13-17(23)20-11-10-15-7-3-2-4-8-15/h2-9,12H,10-11,13H2,1H3,(H,20,23). The molecule has 1 N–H and O–H groups in total. The number of carbonyl (C=O) groups is 1. The van der Waals surface area contributed by atoms with Gasteiger partial charge in [-0.1, -0.05) is 59.8 Å². The Morgan fingerprint density at radius 2 is 1.96 bits per heavy atom. The maximum Gasteiger partial charge on any atom is 0.277 e. The highest BCUT2D eigenvalue weighted by Gasteiger charge is 2.11. The molecule has 128 valence electrons. The van der Waals surface area contributed by atoms with Crippen molar-refractivity contribution in [2.75, 3.05) is 12.3 Å². The summed E-state index contributed by atoms with van der Waals surface area (Å²) in [5, 5.41) is 11.3. The largest absolute Gasteiger partial charge is 0.411 e. The average molecular weight is 353 g/mol. The molecule has 0 fully saturated rings. The van der Waals surface area contributed by atoms with E-state index >= 15 is 0 Å². The Labute approximate surface area is 150 Å². The Balaban J connectivity index is 1.45. The Bertz CT molecular complexity index is 833. The predicted molar refractivity (Wildman–Crippen MR) is 98.4 cm³/mol. The van der Waals surface area contributed by atoms with Gasteiger partial charge >= 0.3 is 0 Å². The van der Waals surface area contributed by atoms with Crippen molar-refractivity contribution in [2.45, 2.75) is 18.6 Å². The van der Waals surface area contributed by atoms with Gasteiger partial charge in [0.1, 0.15) is 0 Å². The normalized spacial score (nSPS) is 10.6. The van der Waals surface area contributed by atoms with Crippen molar-refractivity contribution in [1.82, 2.24) is 15.5 Å². The lowest BCUT2D eigenvalue weighted by Gasteiger charge is -2.04. The predicted octanol–water partition coefficient (Wildman–Crippen LogP) is 3.50. The van der Waals surface area contributed by atoms with Gasteiger partial charge in [0.2, 0.25) is 11.8 Å². The Hall–Kier alpha value is -2.60. The van der Waals surface area contributed by atoms with Crippen molar-refractivity contribution in [3.63, 3.8) is 0 Å². The van der Waals surface area contributed by atoms with Gasteiger partial charge < -0.3 is 9.73 Å². The first kappa shape index (κ1) is 17.2. The number of hydrogen-bond acceptors (Lipinski definition) is 5. The Morgan fingerprint density at radius 1 is 1.12 bits per heavy atom. The molecule has 6 heteroatoms. The van der Waals surface area contributed by atoms with E-state index in [0.717, 1.165) is 17.5 Å². The van der Waals surface area contributed by atoms with E-state index in [4.69, 9.17) is 4.42 Å². The van der Waals surface area contributed by atoms with Crippen LogP contribution in [0, 0.1) is 6.92 Å². The fourth-order valence-electron chi connectivity index (χ4n) is 2.33. The molecular weight excluding hydrogens is 334 g/mol. The summed E-state index contributed by atoms with van der Waals surface area (Å²) in [5.41, 5.74) is 3.21. The average Bonchev–Trinajstić information content (AvgIpc) is 3.10. The van der Waals surface area contributed by atoms with E-state index in [0.29, 0.717) is 17.7 Å². The van der Waals surface area contributed by atoms with Crippen molar-refractivity contribution in [2.24, 2.45) is 0 Å². The highest BCUT2D eigenvalue weighted by molar-refractivity contribution is 7.99. The monoisotopic (exact) mass is 353 g/mol. The zero-order chi connectivity index (χ0) is 17.5. The highest BCUT2D eigenvalue weighted by Crippen LogP contribution is 2.23. The molecule has 1 heterocycles. The molecule has 0 atom stereocenters. The maximum absolute atomic E-state index is 11.9. The number of aromatic nitrogens is 2. The van der Waals surface area contributed by atoms with E-state index in [2.05, 4.69) is 15.5 Å². The van der Waals surface area contributed by atoms with Gasteiger partial charge in [-0.25, -0.2) is 0 Å². The Kier molecular flexibility index (Phi) is 5.85. The molecular formula is C19H19N3O2S. The summed E-state index contributed by atoms with van der Waals surface area (Å²) in [6, 6.07) is 17.9. The molecule has 0 saturated heterocycles. The molecule has 3 aromatic rings. The lowest BCUT2D eigenvalue weighted by Crippen LogP contribution is -2.27. The van der Waals surface area contributed by atoms with Crippen molar-refractivity contribution >= 4 is 17.7 Å². The quantitative estimate of drug-likeness (QED) is 0.659. The molecule has 0 saturated carbocycles. The smallest absolute Gasteiger partial charge is 0.277 e. The van der Waals surface area contributed by atoms with Crippen LogP contribution in [0.2, 0.25) is 0 Å². The summed E-state index contributed by atoms with van der Waals surface area (Å²) in [6.45, 7) is 2.62. The highest BCUT2D eigenvalue weighted by atomic mass is 32.2. The first-order valence-electron chi connectivity index (χ1n) is 8.05. The van der Waals surface area contributed by atoms with Crippen LogP contribution in [0.3, 0.4) is 0 Å². The Morgan fingerprint density at radius 3 is 2.76 bits per heavy atom. The molecule has 0 spiro atoms. The number of nitrogens with zero attached hydrogens (tertiary/aromatic N) is 2. The molecule has 0 aliphatic carbocycles. The molecule has 0 bridgehead atoms. The minimum Gasteiger partial charge on any atom is -0.411 e. The SMILES string of the molecule is Cc1cccc(-c2nnc(SCC(=O)NCCc3ccccc3)o2)c1. The molecule has 3 rings (SSSR count). The van der Waals surface area contributed by atoms with Gasteiger partial charge in [-0.15, -0.1) is 10.2 Å². The van der Waals surface area contributed by atoms with Gasteiger partial charge in [-0.3, -0.25) is 4.79 Å². The molecule has 0 unspecified atom stereocenters. The maximum atomic E-state index is 11.9. The number of hydrogen-bond donors (Lipinski definition) is 1. The van der Waals surface area contributed by atoms with Gasteiger partial charge in [0.05, 0.1) is 5.75 Å². The number of thioether (sulfide) groups is 1. The van der Waals surface area contributed by atoms with Crippen LogP contribution in [0.4, 0.5) is 0 Å². The first-order chi connectivity index (χ1) is 12.2. The minimum atomic E-state index is -0.0452. The van der Waals surface area contributed by atoms with Crippen LogP contribution in [0.15, 0.2) is 64.2 Å². The van der Waals surface area contributed by atoms with Crippen LogP contribution in [-0.2, 0) is 11.2 Å². The van der Waals surface area contributed by atoms with Gasteiger partial charge in [0.25, 0.3) is 5.22 Å². The molecule has 1 amide bonds. The molecule has 2 aromatic carbocycles. The minimum absolute atomic E-state index is 0.0452. The number of aryl methyl sites for hydroxylation is 1. The third-order valence-electron chi connectivity index (χ3n) is 3.58. The number of benzene rings is 2. The summed E-state index contributed by atoms with van der Waals surface area (Å²) < 4.78 is 5.61. The molecule has 25 heavy (non-hydrogen) atoms. The van der Waals surface area contributed by atoms with E-state index in [1.165, 1.54) is 17.3 Å². The number of carbonyl (C=O) groups excluding carboxylic acids is 1. The molecule has 1 aromatic heterocycles. The summed E-state index contributed by atoms with van der Waals surface area (Å²) in [7, 11) is 0. The number of rotatable bonds is 7. The zero-order valence-corrected chi connectivity index (χ0v) is 14.8. The number of amides is 1. The first-order valence-corrected chi connectivity index (χ1v) is 9.03. The second kappa shape index (κ2) is 8.48. The number of nitrogens with one attached hydrogen (secondary N) is 1. The van der Waals surface area contributed by atoms with Crippen LogP contribution in [0.1, 0.15) is 11.1 Å². The molecule has 5 nitrogen and oxygen atoms in total. The summed E-state index contributed by atoms with van der Waals surface area (Å²) >= 11 is 1.24. The second-order valence-corrected chi connectivity index (χ2v) is 6.54. The van der Waals surface area contributed by atoms with Crippen molar-refractivity contribution in [3.8, 4) is 11.5 Å². The van der Waals surface area contributed by atoms with Crippen LogP contribution in [0.5, 0.6) is 0 Å². The van der Waals surface area contributed by atoms with Gasteiger partial charge in [-0.05, 0) is 31.0 Å². The van der Waals surface area contributed by atoms with E-state index in [-0.39, 0.29) is 11.7 Å². The van der Waals surface area contributed by atoms with E-state index in [1.54, 1.807) is 0 Å². The lowest BCUT2D eigenvalue weighted by molar-refractivity contribution is -0.118. The van der Waals surface area contributed by atoms with Crippen LogP contribution in [0.25, 0.3) is 11.5 Å². The molecule has 0 aliphatic heterocycles. The van der Waals surface area contributed by atoms with Gasteiger partial charge in [0.15, 0.2) is 0 Å².